The van der Waals surface area contributed by atoms with Crippen molar-refractivity contribution in [1.29, 1.82) is 0 Å². The molecule has 3 heterocycles. The summed E-state index contributed by atoms with van der Waals surface area (Å²) >= 11 is 1.49. The summed E-state index contributed by atoms with van der Waals surface area (Å²) in [6, 6.07) is 11.8. The number of pyridine rings is 1. The Morgan fingerprint density at radius 1 is 1.21 bits per heavy atom. The van der Waals surface area contributed by atoms with Gasteiger partial charge < -0.3 is 9.47 Å². The van der Waals surface area contributed by atoms with E-state index in [9.17, 15) is 4.79 Å². The van der Waals surface area contributed by atoms with Gasteiger partial charge in [-0.3, -0.25) is 14.7 Å². The average Bonchev–Trinajstić information content (AvgIpc) is 3.16. The lowest BCUT2D eigenvalue weighted by Gasteiger charge is -2.22. The molecule has 0 unspecified atom stereocenters. The third-order valence-corrected chi connectivity index (χ3v) is 5.49. The standard InChI is InChI=1S/C21H21N3O3S/c1-14(2)16-7-5-8-18-19(16)23-21(28-18)24(12-15-6-3-4-9-22-15)20(25)17-13-26-10-11-27-17/h3-9,13-14H,10-12H2,1-2H3. The van der Waals surface area contributed by atoms with Crippen LogP contribution in [0.4, 0.5) is 5.13 Å². The quantitative estimate of drug-likeness (QED) is 0.647. The Balaban J connectivity index is 1.76. The van der Waals surface area contributed by atoms with E-state index in [1.165, 1.54) is 23.2 Å². The zero-order chi connectivity index (χ0) is 19.5. The van der Waals surface area contributed by atoms with Gasteiger partial charge in [0, 0.05) is 6.20 Å². The second-order valence-electron chi connectivity index (χ2n) is 6.76. The Hall–Kier alpha value is -2.93. The monoisotopic (exact) mass is 395 g/mol. The maximum atomic E-state index is 13.2. The lowest BCUT2D eigenvalue weighted by Crippen LogP contribution is -2.34. The van der Waals surface area contributed by atoms with Gasteiger partial charge in [-0.1, -0.05) is 43.4 Å². The number of aromatic nitrogens is 2. The fourth-order valence-corrected chi connectivity index (χ4v) is 4.03. The minimum Gasteiger partial charge on any atom is -0.494 e. The molecular formula is C21H21N3O3S. The van der Waals surface area contributed by atoms with Crippen LogP contribution in [0.15, 0.2) is 54.6 Å². The predicted octanol–water partition coefficient (Wildman–Crippen LogP) is 4.24. The molecule has 0 bridgehead atoms. The number of benzene rings is 1. The van der Waals surface area contributed by atoms with Crippen LogP contribution in [0.5, 0.6) is 0 Å². The number of hydrogen-bond donors (Lipinski definition) is 0. The molecule has 3 aromatic rings. The molecule has 2 aromatic heterocycles. The van der Waals surface area contributed by atoms with Gasteiger partial charge in [-0.05, 0) is 29.7 Å². The highest BCUT2D eigenvalue weighted by Crippen LogP contribution is 2.34. The number of ether oxygens (including phenoxy) is 2. The van der Waals surface area contributed by atoms with Gasteiger partial charge in [0.1, 0.15) is 19.5 Å². The summed E-state index contributed by atoms with van der Waals surface area (Å²) in [7, 11) is 0. The van der Waals surface area contributed by atoms with E-state index in [2.05, 4.69) is 24.9 Å². The van der Waals surface area contributed by atoms with Crippen molar-refractivity contribution in [2.24, 2.45) is 0 Å². The lowest BCUT2D eigenvalue weighted by atomic mass is 10.0. The van der Waals surface area contributed by atoms with Gasteiger partial charge >= 0.3 is 0 Å². The Kier molecular flexibility index (Phi) is 5.25. The smallest absolute Gasteiger partial charge is 0.298 e. The zero-order valence-corrected chi connectivity index (χ0v) is 16.6. The number of para-hydroxylation sites is 1. The lowest BCUT2D eigenvalue weighted by molar-refractivity contribution is -0.120. The van der Waals surface area contributed by atoms with Gasteiger partial charge in [-0.15, -0.1) is 0 Å². The van der Waals surface area contributed by atoms with E-state index in [1.54, 1.807) is 11.1 Å². The van der Waals surface area contributed by atoms with E-state index >= 15 is 0 Å². The van der Waals surface area contributed by atoms with Crippen molar-refractivity contribution in [3.8, 4) is 0 Å². The van der Waals surface area contributed by atoms with Crippen LogP contribution in [0.1, 0.15) is 31.0 Å². The number of nitrogens with zero attached hydrogens (tertiary/aromatic N) is 3. The molecule has 6 nitrogen and oxygen atoms in total. The van der Waals surface area contributed by atoms with Crippen molar-refractivity contribution in [2.75, 3.05) is 18.1 Å². The van der Waals surface area contributed by atoms with E-state index in [-0.39, 0.29) is 11.7 Å². The third-order valence-electron chi connectivity index (χ3n) is 4.44. The first-order valence-electron chi connectivity index (χ1n) is 9.19. The molecule has 0 atom stereocenters. The third kappa shape index (κ3) is 3.71. The molecular weight excluding hydrogens is 374 g/mol. The van der Waals surface area contributed by atoms with Gasteiger partial charge in [-0.2, -0.15) is 0 Å². The minimum atomic E-state index is -0.282. The molecule has 1 aliphatic heterocycles. The largest absolute Gasteiger partial charge is 0.494 e. The maximum absolute atomic E-state index is 13.2. The number of hydrogen-bond acceptors (Lipinski definition) is 6. The number of carbonyl (C=O) groups is 1. The molecule has 0 saturated carbocycles. The van der Waals surface area contributed by atoms with E-state index < -0.39 is 0 Å². The summed E-state index contributed by atoms with van der Waals surface area (Å²) in [5.41, 5.74) is 2.88. The van der Waals surface area contributed by atoms with Crippen molar-refractivity contribution in [3.05, 3.63) is 65.9 Å². The molecule has 0 fully saturated rings. The summed E-state index contributed by atoms with van der Waals surface area (Å²) in [5, 5.41) is 0.619. The summed E-state index contributed by atoms with van der Waals surface area (Å²) in [6.45, 7) is 5.38. The summed E-state index contributed by atoms with van der Waals surface area (Å²) in [4.78, 5) is 24.0. The van der Waals surface area contributed by atoms with Crippen molar-refractivity contribution in [3.63, 3.8) is 0 Å². The molecule has 7 heteroatoms. The van der Waals surface area contributed by atoms with Gasteiger partial charge in [-0.25, -0.2) is 4.98 Å². The molecule has 0 spiro atoms. The predicted molar refractivity (Wildman–Crippen MR) is 109 cm³/mol. The van der Waals surface area contributed by atoms with Gasteiger partial charge in [0.15, 0.2) is 5.13 Å². The Morgan fingerprint density at radius 2 is 2.11 bits per heavy atom. The fraction of sp³-hybridized carbons (Fsp3) is 0.286. The Morgan fingerprint density at radius 3 is 2.82 bits per heavy atom. The van der Waals surface area contributed by atoms with E-state index in [0.717, 1.165) is 15.9 Å². The van der Waals surface area contributed by atoms with Crippen LogP contribution in [-0.4, -0.2) is 29.1 Å². The molecule has 1 aliphatic rings. The highest BCUT2D eigenvalue weighted by molar-refractivity contribution is 7.22. The van der Waals surface area contributed by atoms with Crippen molar-refractivity contribution < 1.29 is 14.3 Å². The second-order valence-corrected chi connectivity index (χ2v) is 7.77. The molecule has 4 rings (SSSR count). The molecule has 144 valence electrons. The van der Waals surface area contributed by atoms with Crippen LogP contribution >= 0.6 is 11.3 Å². The maximum Gasteiger partial charge on any atom is 0.298 e. The summed E-state index contributed by atoms with van der Waals surface area (Å²) in [6.07, 6.45) is 3.09. The molecule has 0 saturated heterocycles. The number of thiazole rings is 1. The summed E-state index contributed by atoms with van der Waals surface area (Å²) in [5.74, 6) is 0.248. The number of rotatable bonds is 5. The van der Waals surface area contributed by atoms with Gasteiger partial charge in [0.2, 0.25) is 5.76 Å². The Bertz CT molecular complexity index is 1010. The first-order chi connectivity index (χ1) is 13.6. The Labute approximate surface area is 167 Å². The van der Waals surface area contributed by atoms with Crippen molar-refractivity contribution in [1.82, 2.24) is 9.97 Å². The van der Waals surface area contributed by atoms with Gasteiger partial charge in [0.25, 0.3) is 5.91 Å². The first-order valence-corrected chi connectivity index (χ1v) is 10.0. The molecule has 0 aliphatic carbocycles. The average molecular weight is 395 g/mol. The van der Waals surface area contributed by atoms with Crippen LogP contribution in [-0.2, 0) is 20.8 Å². The van der Waals surface area contributed by atoms with Crippen LogP contribution in [0, 0.1) is 0 Å². The molecule has 0 N–H and O–H groups in total. The van der Waals surface area contributed by atoms with E-state index in [4.69, 9.17) is 14.5 Å². The highest BCUT2D eigenvalue weighted by Gasteiger charge is 2.27. The topological polar surface area (TPSA) is 64.6 Å². The van der Waals surface area contributed by atoms with Crippen LogP contribution in [0.25, 0.3) is 10.2 Å². The van der Waals surface area contributed by atoms with Crippen LogP contribution < -0.4 is 4.90 Å². The molecule has 1 aromatic carbocycles. The second kappa shape index (κ2) is 7.98. The number of carbonyl (C=O) groups excluding carboxylic acids is 1. The number of anilines is 1. The first kappa shape index (κ1) is 18.4. The van der Waals surface area contributed by atoms with Gasteiger partial charge in [0.05, 0.1) is 22.5 Å². The summed E-state index contributed by atoms with van der Waals surface area (Å²) < 4.78 is 11.8. The van der Waals surface area contributed by atoms with E-state index in [1.807, 2.05) is 30.3 Å². The van der Waals surface area contributed by atoms with Crippen molar-refractivity contribution >= 4 is 32.6 Å². The molecule has 1 amide bonds. The highest BCUT2D eigenvalue weighted by atomic mass is 32.1. The van der Waals surface area contributed by atoms with Crippen molar-refractivity contribution in [2.45, 2.75) is 26.3 Å². The number of amides is 1. The van der Waals surface area contributed by atoms with Crippen LogP contribution in [0.3, 0.4) is 0 Å². The number of fused-ring (bicyclic) bond motifs is 1. The fourth-order valence-electron chi connectivity index (χ4n) is 3.03. The minimum absolute atomic E-state index is 0.186. The van der Waals surface area contributed by atoms with E-state index in [0.29, 0.717) is 30.8 Å². The molecule has 0 radical (unpaired) electrons. The molecule has 28 heavy (non-hydrogen) atoms. The SMILES string of the molecule is CC(C)c1cccc2sc(N(Cc3ccccn3)C(=O)C3=COCCO3)nc12. The normalized spacial score (nSPS) is 13.8. The zero-order valence-electron chi connectivity index (χ0n) is 15.8. The van der Waals surface area contributed by atoms with Crippen LogP contribution in [0.2, 0.25) is 0 Å².